The molecule has 33 heavy (non-hydrogen) atoms. The number of benzene rings is 3. The average molecular weight is 436 g/mol. The normalized spacial score (nSPS) is 10.8. The number of hydrogen-bond donors (Lipinski definition) is 1. The number of hydrogen-bond acceptors (Lipinski definition) is 4. The zero-order valence-corrected chi connectivity index (χ0v) is 17.8. The maximum atomic E-state index is 12.6. The summed E-state index contributed by atoms with van der Waals surface area (Å²) < 4.78 is 13.1. The molecule has 0 fully saturated rings. The van der Waals surface area contributed by atoms with E-state index in [1.165, 1.54) is 6.07 Å². The van der Waals surface area contributed by atoms with Crippen molar-refractivity contribution in [3.8, 4) is 22.8 Å². The van der Waals surface area contributed by atoms with Crippen LogP contribution in [0.5, 0.6) is 5.75 Å². The standard InChI is InChI=1S/C27H20N2O4/c1-32-22-12-13-25-23(16-22)24(30)17-26(33-25)18-4-8-20(9-5-18)28-27(31)19-6-10-21(11-7-19)29-14-2-3-15-29/h2-17H,1H3,(H,28,31). The zero-order chi connectivity index (χ0) is 22.8. The van der Waals surface area contributed by atoms with Crippen LogP contribution in [0.2, 0.25) is 0 Å². The second-order valence-electron chi connectivity index (χ2n) is 7.51. The molecule has 0 radical (unpaired) electrons. The molecule has 0 aliphatic carbocycles. The second kappa shape index (κ2) is 8.51. The quantitative estimate of drug-likeness (QED) is 0.394. The number of nitrogens with zero attached hydrogens (tertiary/aromatic N) is 1. The molecular weight excluding hydrogens is 416 g/mol. The van der Waals surface area contributed by atoms with Crippen LogP contribution in [0.15, 0.2) is 107 Å². The van der Waals surface area contributed by atoms with Crippen LogP contribution in [0.4, 0.5) is 5.69 Å². The van der Waals surface area contributed by atoms with Crippen molar-refractivity contribution >= 4 is 22.6 Å². The second-order valence-corrected chi connectivity index (χ2v) is 7.51. The van der Waals surface area contributed by atoms with Gasteiger partial charge in [-0.25, -0.2) is 0 Å². The van der Waals surface area contributed by atoms with Gasteiger partial charge in [0.15, 0.2) is 5.43 Å². The Morgan fingerprint density at radius 2 is 1.64 bits per heavy atom. The summed E-state index contributed by atoms with van der Waals surface area (Å²) in [4.78, 5) is 25.2. The van der Waals surface area contributed by atoms with Gasteiger partial charge in [0.25, 0.3) is 5.91 Å². The van der Waals surface area contributed by atoms with Gasteiger partial charge in [-0.3, -0.25) is 9.59 Å². The Kier molecular flexibility index (Phi) is 5.24. The van der Waals surface area contributed by atoms with Gasteiger partial charge in [0.2, 0.25) is 0 Å². The van der Waals surface area contributed by atoms with Crippen LogP contribution in [0.1, 0.15) is 10.4 Å². The number of fused-ring (bicyclic) bond motifs is 1. The first-order chi connectivity index (χ1) is 16.1. The minimum atomic E-state index is -0.201. The number of ether oxygens (including phenoxy) is 1. The van der Waals surface area contributed by atoms with Crippen LogP contribution >= 0.6 is 0 Å². The summed E-state index contributed by atoms with van der Waals surface area (Å²) >= 11 is 0. The van der Waals surface area contributed by atoms with Gasteiger partial charge in [0.05, 0.1) is 12.5 Å². The highest BCUT2D eigenvalue weighted by Crippen LogP contribution is 2.26. The number of amides is 1. The first-order valence-electron chi connectivity index (χ1n) is 10.4. The van der Waals surface area contributed by atoms with Crippen LogP contribution in [0.25, 0.3) is 28.0 Å². The SMILES string of the molecule is COc1ccc2oc(-c3ccc(NC(=O)c4ccc(-n5cccc5)cc4)cc3)cc(=O)c2c1. The van der Waals surface area contributed by atoms with E-state index in [2.05, 4.69) is 5.32 Å². The van der Waals surface area contributed by atoms with E-state index in [-0.39, 0.29) is 11.3 Å². The third-order valence-corrected chi connectivity index (χ3v) is 5.39. The molecule has 0 atom stereocenters. The molecule has 0 saturated carbocycles. The largest absolute Gasteiger partial charge is 0.497 e. The van der Waals surface area contributed by atoms with Crippen molar-refractivity contribution in [1.82, 2.24) is 4.57 Å². The molecule has 0 unspecified atom stereocenters. The third-order valence-electron chi connectivity index (χ3n) is 5.39. The van der Waals surface area contributed by atoms with Gasteiger partial charge in [-0.15, -0.1) is 0 Å². The Morgan fingerprint density at radius 3 is 2.33 bits per heavy atom. The Morgan fingerprint density at radius 1 is 0.909 bits per heavy atom. The number of rotatable bonds is 5. The van der Waals surface area contributed by atoms with Crippen molar-refractivity contribution in [1.29, 1.82) is 0 Å². The zero-order valence-electron chi connectivity index (χ0n) is 17.8. The molecule has 6 nitrogen and oxygen atoms in total. The molecule has 5 rings (SSSR count). The van der Waals surface area contributed by atoms with Crippen molar-refractivity contribution in [3.63, 3.8) is 0 Å². The molecule has 5 aromatic rings. The fraction of sp³-hybridized carbons (Fsp3) is 0.0370. The summed E-state index contributed by atoms with van der Waals surface area (Å²) in [7, 11) is 1.55. The maximum Gasteiger partial charge on any atom is 0.255 e. The number of aromatic nitrogens is 1. The van der Waals surface area contributed by atoms with Crippen LogP contribution in [0, 0.1) is 0 Å². The fourth-order valence-corrected chi connectivity index (χ4v) is 3.62. The van der Waals surface area contributed by atoms with Crippen molar-refractivity contribution in [2.75, 3.05) is 12.4 Å². The number of carbonyl (C=O) groups excluding carboxylic acids is 1. The first-order valence-corrected chi connectivity index (χ1v) is 10.4. The summed E-state index contributed by atoms with van der Waals surface area (Å²) in [6.07, 6.45) is 3.90. The smallest absolute Gasteiger partial charge is 0.255 e. The van der Waals surface area contributed by atoms with Gasteiger partial charge in [-0.2, -0.15) is 0 Å². The average Bonchev–Trinajstić information content (AvgIpc) is 3.39. The lowest BCUT2D eigenvalue weighted by Crippen LogP contribution is -2.11. The van der Waals surface area contributed by atoms with Crippen molar-refractivity contribution in [3.05, 3.63) is 113 Å². The molecule has 3 aromatic carbocycles. The van der Waals surface area contributed by atoms with E-state index in [4.69, 9.17) is 9.15 Å². The van der Waals surface area contributed by atoms with E-state index in [1.54, 1.807) is 61.7 Å². The molecule has 6 heteroatoms. The minimum absolute atomic E-state index is 0.147. The lowest BCUT2D eigenvalue weighted by atomic mass is 10.1. The summed E-state index contributed by atoms with van der Waals surface area (Å²) in [5.41, 5.74) is 3.26. The highest BCUT2D eigenvalue weighted by molar-refractivity contribution is 6.04. The lowest BCUT2D eigenvalue weighted by Gasteiger charge is -2.08. The van der Waals surface area contributed by atoms with Gasteiger partial charge >= 0.3 is 0 Å². The molecule has 2 aromatic heterocycles. The molecule has 1 amide bonds. The number of anilines is 1. The van der Waals surface area contributed by atoms with Gasteiger partial charge in [-0.05, 0) is 78.9 Å². The van der Waals surface area contributed by atoms with E-state index < -0.39 is 0 Å². The summed E-state index contributed by atoms with van der Waals surface area (Å²) in [6.45, 7) is 0. The van der Waals surface area contributed by atoms with Crippen LogP contribution in [0.3, 0.4) is 0 Å². The monoisotopic (exact) mass is 436 g/mol. The lowest BCUT2D eigenvalue weighted by molar-refractivity contribution is 0.102. The molecule has 0 bridgehead atoms. The van der Waals surface area contributed by atoms with Crippen LogP contribution in [-0.4, -0.2) is 17.6 Å². The molecule has 162 valence electrons. The molecule has 0 saturated heterocycles. The minimum Gasteiger partial charge on any atom is -0.497 e. The third kappa shape index (κ3) is 4.14. The van der Waals surface area contributed by atoms with Crippen LogP contribution in [-0.2, 0) is 0 Å². The Hall–Kier alpha value is -4.58. The maximum absolute atomic E-state index is 12.6. The number of nitrogens with one attached hydrogen (secondary N) is 1. The summed E-state index contributed by atoms with van der Waals surface area (Å²) in [5, 5.41) is 3.36. The molecule has 0 spiro atoms. The molecule has 0 aliphatic rings. The van der Waals surface area contributed by atoms with Crippen LogP contribution < -0.4 is 15.5 Å². The predicted octanol–water partition coefficient (Wildman–Crippen LogP) is 5.51. The first kappa shape index (κ1) is 20.3. The molecule has 1 N–H and O–H groups in total. The van der Waals surface area contributed by atoms with Crippen molar-refractivity contribution in [2.45, 2.75) is 0 Å². The van der Waals surface area contributed by atoms with Gasteiger partial charge in [0, 0.05) is 41.0 Å². The Balaban J connectivity index is 1.33. The van der Waals surface area contributed by atoms with Crippen molar-refractivity contribution < 1.29 is 13.9 Å². The summed E-state index contributed by atoms with van der Waals surface area (Å²) in [5.74, 6) is 0.853. The van der Waals surface area contributed by atoms with E-state index in [0.717, 1.165) is 11.3 Å². The number of carbonyl (C=O) groups is 1. The van der Waals surface area contributed by atoms with Gasteiger partial charge in [-0.1, -0.05) is 0 Å². The highest BCUT2D eigenvalue weighted by Gasteiger charge is 2.10. The number of methoxy groups -OCH3 is 1. The molecule has 0 aliphatic heterocycles. The topological polar surface area (TPSA) is 73.5 Å². The van der Waals surface area contributed by atoms with Gasteiger partial charge in [0.1, 0.15) is 17.1 Å². The Bertz CT molecular complexity index is 1480. The van der Waals surface area contributed by atoms with E-state index in [9.17, 15) is 9.59 Å². The predicted molar refractivity (Wildman–Crippen MR) is 128 cm³/mol. The Labute approximate surface area is 189 Å². The van der Waals surface area contributed by atoms with Gasteiger partial charge < -0.3 is 19.0 Å². The van der Waals surface area contributed by atoms with E-state index in [0.29, 0.717) is 33.7 Å². The highest BCUT2D eigenvalue weighted by atomic mass is 16.5. The van der Waals surface area contributed by atoms with E-state index in [1.807, 2.05) is 41.2 Å². The van der Waals surface area contributed by atoms with E-state index >= 15 is 0 Å². The molecular formula is C27H20N2O4. The summed E-state index contributed by atoms with van der Waals surface area (Å²) in [6, 6.07) is 25.0. The van der Waals surface area contributed by atoms with Crippen molar-refractivity contribution in [2.24, 2.45) is 0 Å². The fourth-order valence-electron chi connectivity index (χ4n) is 3.62. The molecule has 2 heterocycles.